The van der Waals surface area contributed by atoms with Gasteiger partial charge in [-0.3, -0.25) is 0 Å². The largest absolute Gasteiger partial charge is 0.425 e. The molecule has 0 aliphatic heterocycles. The van der Waals surface area contributed by atoms with Crippen LogP contribution in [0.25, 0.3) is 0 Å². The molecule has 90 valence electrons. The Labute approximate surface area is 105 Å². The molecular formula is C12H14ClN3O. The van der Waals surface area contributed by atoms with Crippen LogP contribution in [0.3, 0.4) is 0 Å². The summed E-state index contributed by atoms with van der Waals surface area (Å²) in [5.74, 6) is 1.25. The summed E-state index contributed by atoms with van der Waals surface area (Å²) in [7, 11) is 0. The molecule has 1 aromatic carbocycles. The average Bonchev–Trinajstić information content (AvgIpc) is 2.75. The lowest BCUT2D eigenvalue weighted by atomic mass is 10.1. The second-order valence-electron chi connectivity index (χ2n) is 3.76. The highest BCUT2D eigenvalue weighted by Crippen LogP contribution is 2.13. The van der Waals surface area contributed by atoms with Crippen LogP contribution >= 0.6 is 11.6 Å². The van der Waals surface area contributed by atoms with E-state index in [4.69, 9.17) is 21.8 Å². The topological polar surface area (TPSA) is 64.9 Å². The molecule has 0 bridgehead atoms. The summed E-state index contributed by atoms with van der Waals surface area (Å²) in [6.45, 7) is 0.524. The van der Waals surface area contributed by atoms with E-state index < -0.39 is 0 Å². The SMILES string of the molecule is NCCc1nnc(CCc2cccc(Cl)c2)o1. The number of rotatable bonds is 5. The molecule has 2 N–H and O–H groups in total. The van der Waals surface area contributed by atoms with Crippen LogP contribution < -0.4 is 5.73 Å². The number of nitrogens with two attached hydrogens (primary N) is 1. The van der Waals surface area contributed by atoms with Crippen molar-refractivity contribution >= 4 is 11.6 Å². The molecule has 2 aromatic rings. The molecule has 0 atom stereocenters. The van der Waals surface area contributed by atoms with Crippen molar-refractivity contribution in [2.24, 2.45) is 5.73 Å². The summed E-state index contributed by atoms with van der Waals surface area (Å²) in [5.41, 5.74) is 6.57. The fraction of sp³-hybridized carbons (Fsp3) is 0.333. The summed E-state index contributed by atoms with van der Waals surface area (Å²) < 4.78 is 5.44. The predicted molar refractivity (Wildman–Crippen MR) is 65.9 cm³/mol. The van der Waals surface area contributed by atoms with E-state index in [1.807, 2.05) is 24.3 Å². The van der Waals surface area contributed by atoms with Crippen molar-refractivity contribution in [1.29, 1.82) is 0 Å². The second kappa shape index (κ2) is 5.80. The molecule has 0 fully saturated rings. The monoisotopic (exact) mass is 251 g/mol. The van der Waals surface area contributed by atoms with Crippen LogP contribution in [0.5, 0.6) is 0 Å². The summed E-state index contributed by atoms with van der Waals surface area (Å²) in [4.78, 5) is 0. The maximum atomic E-state index is 5.91. The van der Waals surface area contributed by atoms with Gasteiger partial charge in [0.15, 0.2) is 0 Å². The molecule has 0 amide bonds. The summed E-state index contributed by atoms with van der Waals surface area (Å²) in [6, 6.07) is 7.77. The number of benzene rings is 1. The van der Waals surface area contributed by atoms with Gasteiger partial charge in [-0.25, -0.2) is 0 Å². The molecule has 1 aromatic heterocycles. The van der Waals surface area contributed by atoms with Gasteiger partial charge in [-0.05, 0) is 24.1 Å². The summed E-state index contributed by atoms with van der Waals surface area (Å²) >= 11 is 5.91. The Morgan fingerprint density at radius 3 is 2.59 bits per heavy atom. The minimum Gasteiger partial charge on any atom is -0.425 e. The Hall–Kier alpha value is -1.39. The van der Waals surface area contributed by atoms with Crippen LogP contribution in [-0.4, -0.2) is 16.7 Å². The molecule has 0 spiro atoms. The minimum atomic E-state index is 0.524. The smallest absolute Gasteiger partial charge is 0.217 e. The van der Waals surface area contributed by atoms with Crippen LogP contribution in [0.1, 0.15) is 17.3 Å². The van der Waals surface area contributed by atoms with E-state index >= 15 is 0 Å². The lowest BCUT2D eigenvalue weighted by Gasteiger charge is -1.98. The van der Waals surface area contributed by atoms with E-state index in [1.54, 1.807) is 0 Å². The van der Waals surface area contributed by atoms with Crippen LogP contribution in [0.15, 0.2) is 28.7 Å². The van der Waals surface area contributed by atoms with E-state index in [0.29, 0.717) is 24.7 Å². The zero-order chi connectivity index (χ0) is 12.1. The van der Waals surface area contributed by atoms with Gasteiger partial charge < -0.3 is 10.2 Å². The van der Waals surface area contributed by atoms with Crippen LogP contribution in [0.4, 0.5) is 0 Å². The molecule has 1 heterocycles. The van der Waals surface area contributed by atoms with Crippen molar-refractivity contribution < 1.29 is 4.42 Å². The van der Waals surface area contributed by atoms with Gasteiger partial charge in [0.05, 0.1) is 0 Å². The molecule has 0 aliphatic rings. The Morgan fingerprint density at radius 1 is 1.12 bits per heavy atom. The molecular weight excluding hydrogens is 238 g/mol. The van der Waals surface area contributed by atoms with Gasteiger partial charge in [-0.15, -0.1) is 10.2 Å². The lowest BCUT2D eigenvalue weighted by Crippen LogP contribution is -2.02. The molecule has 0 radical (unpaired) electrons. The number of hydrogen-bond donors (Lipinski definition) is 1. The third kappa shape index (κ3) is 3.54. The van der Waals surface area contributed by atoms with Crippen molar-refractivity contribution in [2.75, 3.05) is 6.54 Å². The van der Waals surface area contributed by atoms with Gasteiger partial charge in [0.1, 0.15) is 0 Å². The molecule has 0 aliphatic carbocycles. The van der Waals surface area contributed by atoms with E-state index in [1.165, 1.54) is 0 Å². The minimum absolute atomic E-state index is 0.524. The van der Waals surface area contributed by atoms with Crippen molar-refractivity contribution in [1.82, 2.24) is 10.2 Å². The van der Waals surface area contributed by atoms with Gasteiger partial charge >= 0.3 is 0 Å². The molecule has 0 unspecified atom stereocenters. The van der Waals surface area contributed by atoms with Crippen LogP contribution in [0.2, 0.25) is 5.02 Å². The van der Waals surface area contributed by atoms with Gasteiger partial charge in [-0.2, -0.15) is 0 Å². The first-order valence-electron chi connectivity index (χ1n) is 5.53. The van der Waals surface area contributed by atoms with Crippen molar-refractivity contribution in [3.63, 3.8) is 0 Å². The van der Waals surface area contributed by atoms with E-state index in [9.17, 15) is 0 Å². The maximum absolute atomic E-state index is 5.91. The zero-order valence-corrected chi connectivity index (χ0v) is 10.2. The first-order valence-corrected chi connectivity index (χ1v) is 5.91. The van der Waals surface area contributed by atoms with Gasteiger partial charge in [0.25, 0.3) is 0 Å². The highest BCUT2D eigenvalue weighted by Gasteiger charge is 2.05. The highest BCUT2D eigenvalue weighted by atomic mass is 35.5. The van der Waals surface area contributed by atoms with E-state index in [-0.39, 0.29) is 0 Å². The summed E-state index contributed by atoms with van der Waals surface area (Å²) in [6.07, 6.45) is 2.19. The standard InChI is InChI=1S/C12H14ClN3O/c13-10-3-1-2-9(8-10)4-5-11-15-16-12(17-11)6-7-14/h1-3,8H,4-7,14H2. The Kier molecular flexibility index (Phi) is 4.12. The van der Waals surface area contributed by atoms with Crippen molar-refractivity contribution in [3.05, 3.63) is 46.6 Å². The molecule has 0 saturated carbocycles. The first kappa shape index (κ1) is 12.1. The molecule has 5 heteroatoms. The van der Waals surface area contributed by atoms with Crippen molar-refractivity contribution in [3.8, 4) is 0 Å². The van der Waals surface area contributed by atoms with Crippen LogP contribution in [-0.2, 0) is 19.3 Å². The maximum Gasteiger partial charge on any atom is 0.217 e. The quantitative estimate of drug-likeness (QED) is 0.883. The average molecular weight is 252 g/mol. The van der Waals surface area contributed by atoms with E-state index in [0.717, 1.165) is 23.4 Å². The highest BCUT2D eigenvalue weighted by molar-refractivity contribution is 6.30. The second-order valence-corrected chi connectivity index (χ2v) is 4.19. The number of aryl methyl sites for hydroxylation is 2. The van der Waals surface area contributed by atoms with Gasteiger partial charge in [0, 0.05) is 24.4 Å². The Balaban J connectivity index is 1.93. The number of hydrogen-bond acceptors (Lipinski definition) is 4. The Morgan fingerprint density at radius 2 is 1.88 bits per heavy atom. The fourth-order valence-corrected chi connectivity index (χ4v) is 1.77. The lowest BCUT2D eigenvalue weighted by molar-refractivity contribution is 0.450. The molecule has 2 rings (SSSR count). The third-order valence-electron chi connectivity index (χ3n) is 2.38. The fourth-order valence-electron chi connectivity index (χ4n) is 1.56. The third-order valence-corrected chi connectivity index (χ3v) is 2.62. The van der Waals surface area contributed by atoms with Crippen LogP contribution in [0, 0.1) is 0 Å². The van der Waals surface area contributed by atoms with Gasteiger partial charge in [-0.1, -0.05) is 23.7 Å². The first-order chi connectivity index (χ1) is 8.28. The molecule has 0 saturated heterocycles. The summed E-state index contributed by atoms with van der Waals surface area (Å²) in [5, 5.41) is 8.63. The number of halogens is 1. The number of aromatic nitrogens is 2. The predicted octanol–water partition coefficient (Wildman–Crippen LogP) is 2.01. The van der Waals surface area contributed by atoms with E-state index in [2.05, 4.69) is 10.2 Å². The Bertz CT molecular complexity index is 484. The van der Waals surface area contributed by atoms with Gasteiger partial charge in [0.2, 0.25) is 11.8 Å². The molecule has 17 heavy (non-hydrogen) atoms. The normalized spacial score (nSPS) is 10.7. The zero-order valence-electron chi connectivity index (χ0n) is 9.40. The van der Waals surface area contributed by atoms with Crippen molar-refractivity contribution in [2.45, 2.75) is 19.3 Å². The molecule has 4 nitrogen and oxygen atoms in total. The number of nitrogens with zero attached hydrogens (tertiary/aromatic N) is 2.